The molecule has 1 aliphatic carbocycles. The van der Waals surface area contributed by atoms with Gasteiger partial charge in [0.15, 0.2) is 0 Å². The summed E-state index contributed by atoms with van der Waals surface area (Å²) >= 11 is 5.96. The largest absolute Gasteiger partial charge is 0.389 e. The highest BCUT2D eigenvalue weighted by Gasteiger charge is 2.36. The minimum atomic E-state index is -3.44. The summed E-state index contributed by atoms with van der Waals surface area (Å²) in [6, 6.07) is 3.21. The van der Waals surface area contributed by atoms with Crippen LogP contribution in [0.2, 0.25) is 0 Å². The zero-order valence-corrected chi connectivity index (χ0v) is 13.3. The Labute approximate surface area is 123 Å². The lowest BCUT2D eigenvalue weighted by Crippen LogP contribution is -2.41. The van der Waals surface area contributed by atoms with Gasteiger partial charge in [-0.1, -0.05) is 25.6 Å². The SMILES string of the molecule is CCC1(CNS(=O)(=O)c2ccc(C(N)=S)s2)CCC1. The van der Waals surface area contributed by atoms with Crippen LogP contribution in [0.1, 0.15) is 37.5 Å². The number of thiophene rings is 1. The fourth-order valence-corrected chi connectivity index (χ4v) is 4.80. The van der Waals surface area contributed by atoms with Gasteiger partial charge in [-0.15, -0.1) is 11.3 Å². The molecule has 1 saturated carbocycles. The minimum Gasteiger partial charge on any atom is -0.389 e. The zero-order valence-electron chi connectivity index (χ0n) is 10.8. The van der Waals surface area contributed by atoms with E-state index in [1.807, 2.05) is 0 Å². The second-order valence-electron chi connectivity index (χ2n) is 5.01. The van der Waals surface area contributed by atoms with Gasteiger partial charge in [0, 0.05) is 6.54 Å². The van der Waals surface area contributed by atoms with E-state index in [1.165, 1.54) is 6.42 Å². The van der Waals surface area contributed by atoms with Crippen LogP contribution in [-0.2, 0) is 10.0 Å². The van der Waals surface area contributed by atoms with Gasteiger partial charge in [-0.05, 0) is 36.8 Å². The number of thiocarbonyl (C=S) groups is 1. The van der Waals surface area contributed by atoms with Crippen molar-refractivity contribution in [3.05, 3.63) is 17.0 Å². The van der Waals surface area contributed by atoms with E-state index < -0.39 is 10.0 Å². The van der Waals surface area contributed by atoms with Crippen LogP contribution in [0.3, 0.4) is 0 Å². The molecule has 1 fully saturated rings. The Morgan fingerprint density at radius 2 is 2.21 bits per heavy atom. The van der Waals surface area contributed by atoms with Gasteiger partial charge in [0.05, 0.1) is 4.88 Å². The second-order valence-corrected chi connectivity index (χ2v) is 8.53. The third kappa shape index (κ3) is 3.16. The van der Waals surface area contributed by atoms with Crippen LogP contribution in [0.25, 0.3) is 0 Å². The molecule has 2 rings (SSSR count). The molecule has 7 heteroatoms. The van der Waals surface area contributed by atoms with E-state index in [2.05, 4.69) is 11.6 Å². The van der Waals surface area contributed by atoms with Crippen LogP contribution < -0.4 is 10.5 Å². The van der Waals surface area contributed by atoms with Crippen molar-refractivity contribution >= 4 is 38.6 Å². The molecule has 1 aromatic heterocycles. The lowest BCUT2D eigenvalue weighted by atomic mass is 9.67. The summed E-state index contributed by atoms with van der Waals surface area (Å²) in [6.45, 7) is 2.63. The van der Waals surface area contributed by atoms with Crippen LogP contribution in [0.15, 0.2) is 16.3 Å². The van der Waals surface area contributed by atoms with E-state index >= 15 is 0 Å². The lowest BCUT2D eigenvalue weighted by Gasteiger charge is -2.41. The highest BCUT2D eigenvalue weighted by atomic mass is 32.2. The Kier molecular flexibility index (Phi) is 4.29. The molecular formula is C12H18N2O2S3. The van der Waals surface area contributed by atoms with Gasteiger partial charge in [-0.25, -0.2) is 13.1 Å². The average molecular weight is 318 g/mol. The molecule has 0 unspecified atom stereocenters. The maximum atomic E-state index is 12.2. The highest BCUT2D eigenvalue weighted by Crippen LogP contribution is 2.43. The monoisotopic (exact) mass is 318 g/mol. The summed E-state index contributed by atoms with van der Waals surface area (Å²) in [5, 5.41) is 0. The van der Waals surface area contributed by atoms with Crippen molar-refractivity contribution in [3.63, 3.8) is 0 Å². The van der Waals surface area contributed by atoms with Gasteiger partial charge < -0.3 is 5.73 Å². The molecule has 1 aliphatic rings. The number of nitrogens with two attached hydrogens (primary N) is 1. The van der Waals surface area contributed by atoms with Gasteiger partial charge in [-0.3, -0.25) is 0 Å². The molecule has 0 aromatic carbocycles. The van der Waals surface area contributed by atoms with Crippen molar-refractivity contribution in [3.8, 4) is 0 Å². The molecule has 0 saturated heterocycles. The number of hydrogen-bond donors (Lipinski definition) is 2. The van der Waals surface area contributed by atoms with Crippen LogP contribution in [0.5, 0.6) is 0 Å². The fourth-order valence-electron chi connectivity index (χ4n) is 2.25. The lowest BCUT2D eigenvalue weighted by molar-refractivity contribution is 0.133. The topological polar surface area (TPSA) is 72.2 Å². The molecule has 1 aromatic rings. The first-order valence-corrected chi connectivity index (χ1v) is 8.99. The van der Waals surface area contributed by atoms with E-state index in [0.717, 1.165) is 30.6 Å². The Hall–Kier alpha value is -0.500. The first-order valence-electron chi connectivity index (χ1n) is 6.28. The molecule has 4 nitrogen and oxygen atoms in total. The minimum absolute atomic E-state index is 0.163. The summed E-state index contributed by atoms with van der Waals surface area (Å²) in [5.74, 6) is 0. The first kappa shape index (κ1) is 14.9. The molecule has 0 bridgehead atoms. The molecule has 0 spiro atoms. The molecule has 1 heterocycles. The summed E-state index contributed by atoms with van der Waals surface area (Å²) in [4.78, 5) is 0.861. The number of rotatable bonds is 6. The van der Waals surface area contributed by atoms with Crippen LogP contribution >= 0.6 is 23.6 Å². The Bertz CT molecular complexity index is 568. The van der Waals surface area contributed by atoms with E-state index in [-0.39, 0.29) is 14.6 Å². The van der Waals surface area contributed by atoms with Gasteiger partial charge in [0.1, 0.15) is 9.20 Å². The summed E-state index contributed by atoms with van der Waals surface area (Å²) < 4.78 is 27.4. The standard InChI is InChI=1S/C12H18N2O2S3/c1-2-12(6-3-7-12)8-14-19(15,16)10-5-4-9(18-10)11(13)17/h4-5,14H,2-3,6-8H2,1H3,(H2,13,17). The van der Waals surface area contributed by atoms with E-state index in [4.69, 9.17) is 18.0 Å². The zero-order chi connectivity index (χ0) is 14.1. The summed E-state index contributed by atoms with van der Waals surface area (Å²) in [7, 11) is -3.44. The molecule has 106 valence electrons. The van der Waals surface area contributed by atoms with Crippen LogP contribution in [0.4, 0.5) is 0 Å². The average Bonchev–Trinajstić information content (AvgIpc) is 2.78. The highest BCUT2D eigenvalue weighted by molar-refractivity contribution is 7.91. The molecule has 0 atom stereocenters. The van der Waals surface area contributed by atoms with Crippen molar-refractivity contribution in [1.82, 2.24) is 4.72 Å². The van der Waals surface area contributed by atoms with E-state index in [1.54, 1.807) is 12.1 Å². The Morgan fingerprint density at radius 3 is 2.63 bits per heavy atom. The number of hydrogen-bond acceptors (Lipinski definition) is 4. The van der Waals surface area contributed by atoms with E-state index in [0.29, 0.717) is 11.4 Å². The predicted octanol–water partition coefficient (Wildman–Crippen LogP) is 2.24. The summed E-state index contributed by atoms with van der Waals surface area (Å²) in [6.07, 6.45) is 4.42. The van der Waals surface area contributed by atoms with Crippen molar-refractivity contribution < 1.29 is 8.42 Å². The van der Waals surface area contributed by atoms with Crippen molar-refractivity contribution in [2.24, 2.45) is 11.1 Å². The smallest absolute Gasteiger partial charge is 0.250 e. The van der Waals surface area contributed by atoms with Crippen LogP contribution in [-0.4, -0.2) is 20.0 Å². The molecule has 0 amide bonds. The molecule has 0 radical (unpaired) electrons. The summed E-state index contributed by atoms with van der Waals surface area (Å²) in [5.41, 5.74) is 5.66. The third-order valence-corrected chi connectivity index (χ3v) is 7.25. The third-order valence-electron chi connectivity index (χ3n) is 3.89. The number of sulfonamides is 1. The van der Waals surface area contributed by atoms with Crippen molar-refractivity contribution in [1.29, 1.82) is 0 Å². The van der Waals surface area contributed by atoms with E-state index in [9.17, 15) is 8.42 Å². The van der Waals surface area contributed by atoms with Gasteiger partial charge in [-0.2, -0.15) is 0 Å². The number of nitrogens with one attached hydrogen (secondary N) is 1. The molecule has 0 aliphatic heterocycles. The van der Waals surface area contributed by atoms with Crippen molar-refractivity contribution in [2.45, 2.75) is 36.8 Å². The maximum absolute atomic E-state index is 12.2. The van der Waals surface area contributed by atoms with Gasteiger partial charge in [0.2, 0.25) is 10.0 Å². The first-order chi connectivity index (χ1) is 8.88. The van der Waals surface area contributed by atoms with Crippen LogP contribution in [0, 0.1) is 5.41 Å². The Morgan fingerprint density at radius 1 is 1.53 bits per heavy atom. The normalized spacial score (nSPS) is 17.9. The molecule has 19 heavy (non-hydrogen) atoms. The van der Waals surface area contributed by atoms with Crippen molar-refractivity contribution in [2.75, 3.05) is 6.54 Å². The van der Waals surface area contributed by atoms with Gasteiger partial charge in [0.25, 0.3) is 0 Å². The maximum Gasteiger partial charge on any atom is 0.250 e. The fraction of sp³-hybridized carbons (Fsp3) is 0.583. The van der Waals surface area contributed by atoms with Gasteiger partial charge >= 0.3 is 0 Å². The predicted molar refractivity (Wildman–Crippen MR) is 82.0 cm³/mol. The quantitative estimate of drug-likeness (QED) is 0.789. The Balaban J connectivity index is 2.07. The second kappa shape index (κ2) is 5.47. The molecular weight excluding hydrogens is 300 g/mol. The molecule has 3 N–H and O–H groups in total.